The zero-order valence-electron chi connectivity index (χ0n) is 6.84. The minimum Gasteiger partial charge on any atom is -0.397 e. The van der Waals surface area contributed by atoms with Crippen molar-refractivity contribution in [2.45, 2.75) is 6.42 Å². The van der Waals surface area contributed by atoms with Crippen molar-refractivity contribution in [1.29, 1.82) is 0 Å². The van der Waals surface area contributed by atoms with Gasteiger partial charge < -0.3 is 11.1 Å². The lowest BCUT2D eigenvalue weighted by Crippen LogP contribution is -1.95. The summed E-state index contributed by atoms with van der Waals surface area (Å²) in [4.78, 5) is 0. The monoisotopic (exact) mass is 224 g/mol. The van der Waals surface area contributed by atoms with Crippen molar-refractivity contribution in [3.05, 3.63) is 23.5 Å². The molecule has 1 heterocycles. The molecule has 0 saturated heterocycles. The predicted octanol–water partition coefficient (Wildman–Crippen LogP) is 2.22. The third-order valence-electron chi connectivity index (χ3n) is 1.96. The van der Waals surface area contributed by atoms with E-state index in [-0.39, 0.29) is 30.6 Å². The minimum absolute atomic E-state index is 0. The van der Waals surface area contributed by atoms with Crippen LogP contribution in [-0.4, -0.2) is 6.54 Å². The first-order valence-corrected chi connectivity index (χ1v) is 3.60. The van der Waals surface area contributed by atoms with E-state index in [0.717, 1.165) is 24.2 Å². The number of fused-ring (bicyclic) bond motifs is 1. The number of halogens is 3. The Labute approximate surface area is 88.5 Å². The highest BCUT2D eigenvalue weighted by Gasteiger charge is 2.16. The quantitative estimate of drug-likeness (QED) is 0.664. The normalized spacial score (nSPS) is 12.1. The number of nitrogens with two attached hydrogens (primary N) is 1. The van der Waals surface area contributed by atoms with Gasteiger partial charge >= 0.3 is 0 Å². The van der Waals surface area contributed by atoms with Crippen molar-refractivity contribution in [3.8, 4) is 0 Å². The van der Waals surface area contributed by atoms with Crippen molar-refractivity contribution in [1.82, 2.24) is 0 Å². The topological polar surface area (TPSA) is 38.0 Å². The van der Waals surface area contributed by atoms with E-state index in [1.165, 1.54) is 6.07 Å². The molecule has 0 amide bonds. The molecule has 1 aliphatic rings. The highest BCUT2D eigenvalue weighted by Crippen LogP contribution is 2.30. The first kappa shape index (κ1) is 12.3. The molecule has 2 nitrogen and oxygen atoms in total. The molecule has 5 heteroatoms. The molecular formula is C8H11Cl2FN2. The molecule has 3 N–H and O–H groups in total. The van der Waals surface area contributed by atoms with Crippen LogP contribution in [0.25, 0.3) is 0 Å². The van der Waals surface area contributed by atoms with Gasteiger partial charge in [-0.05, 0) is 18.6 Å². The smallest absolute Gasteiger partial charge is 0.128 e. The Morgan fingerprint density at radius 1 is 1.31 bits per heavy atom. The third kappa shape index (κ3) is 1.98. The van der Waals surface area contributed by atoms with Gasteiger partial charge in [-0.15, -0.1) is 24.8 Å². The molecule has 1 aliphatic heterocycles. The summed E-state index contributed by atoms with van der Waals surface area (Å²) in [5.74, 6) is -0.154. The highest BCUT2D eigenvalue weighted by molar-refractivity contribution is 5.85. The molecule has 0 aliphatic carbocycles. The molecule has 1 aromatic rings. The van der Waals surface area contributed by atoms with Gasteiger partial charge in [0.1, 0.15) is 5.82 Å². The molecule has 0 aromatic heterocycles. The van der Waals surface area contributed by atoms with Crippen molar-refractivity contribution in [2.24, 2.45) is 0 Å². The second-order valence-electron chi connectivity index (χ2n) is 2.67. The van der Waals surface area contributed by atoms with Gasteiger partial charge in [0, 0.05) is 12.1 Å². The average molecular weight is 225 g/mol. The van der Waals surface area contributed by atoms with E-state index in [2.05, 4.69) is 5.32 Å². The largest absolute Gasteiger partial charge is 0.397 e. The number of benzene rings is 1. The molecule has 1 aromatic carbocycles. The van der Waals surface area contributed by atoms with Gasteiger partial charge in [-0.25, -0.2) is 4.39 Å². The summed E-state index contributed by atoms with van der Waals surface area (Å²) in [5.41, 5.74) is 7.76. The number of anilines is 2. The zero-order chi connectivity index (χ0) is 7.84. The Balaban J connectivity index is 0.000000720. The first-order chi connectivity index (χ1) is 5.29. The van der Waals surface area contributed by atoms with Crippen LogP contribution < -0.4 is 11.1 Å². The summed E-state index contributed by atoms with van der Waals surface area (Å²) in [5, 5.41) is 3.04. The van der Waals surface area contributed by atoms with E-state index in [4.69, 9.17) is 5.73 Å². The van der Waals surface area contributed by atoms with E-state index >= 15 is 0 Å². The SMILES string of the molecule is Cl.Cl.Nc1ccc(F)c2c1NCC2. The number of nitrogen functional groups attached to an aromatic ring is 1. The van der Waals surface area contributed by atoms with Crippen LogP contribution in [-0.2, 0) is 6.42 Å². The molecule has 0 saturated carbocycles. The summed E-state index contributed by atoms with van der Waals surface area (Å²) < 4.78 is 13.0. The van der Waals surface area contributed by atoms with Gasteiger partial charge in [0.05, 0.1) is 11.4 Å². The van der Waals surface area contributed by atoms with Crippen molar-refractivity contribution in [3.63, 3.8) is 0 Å². The van der Waals surface area contributed by atoms with Gasteiger partial charge in [0.2, 0.25) is 0 Å². The van der Waals surface area contributed by atoms with Crippen LogP contribution in [0.1, 0.15) is 5.56 Å². The second-order valence-corrected chi connectivity index (χ2v) is 2.67. The van der Waals surface area contributed by atoms with Gasteiger partial charge in [-0.3, -0.25) is 0 Å². The average Bonchev–Trinajstić information content (AvgIpc) is 2.45. The lowest BCUT2D eigenvalue weighted by molar-refractivity contribution is 0.616. The van der Waals surface area contributed by atoms with Crippen LogP contribution in [0.2, 0.25) is 0 Å². The lowest BCUT2D eigenvalue weighted by Gasteiger charge is -2.03. The second kappa shape index (κ2) is 4.53. The number of hydrogen-bond donors (Lipinski definition) is 2. The molecule has 0 spiro atoms. The van der Waals surface area contributed by atoms with Gasteiger partial charge in [0.25, 0.3) is 0 Å². The number of hydrogen-bond acceptors (Lipinski definition) is 2. The summed E-state index contributed by atoms with van der Waals surface area (Å²) in [6, 6.07) is 3.01. The molecule has 0 atom stereocenters. The van der Waals surface area contributed by atoms with Crippen LogP contribution in [0.4, 0.5) is 15.8 Å². The third-order valence-corrected chi connectivity index (χ3v) is 1.96. The molecular weight excluding hydrogens is 214 g/mol. The summed E-state index contributed by atoms with van der Waals surface area (Å²) in [6.45, 7) is 0.792. The van der Waals surface area contributed by atoms with Crippen LogP contribution >= 0.6 is 24.8 Å². The maximum atomic E-state index is 13.0. The van der Waals surface area contributed by atoms with Crippen molar-refractivity contribution < 1.29 is 4.39 Å². The predicted molar refractivity (Wildman–Crippen MR) is 57.5 cm³/mol. The summed E-state index contributed by atoms with van der Waals surface area (Å²) in [6.07, 6.45) is 0.742. The Hall–Kier alpha value is -0.670. The fourth-order valence-electron chi connectivity index (χ4n) is 1.41. The minimum atomic E-state index is -0.154. The Kier molecular flexibility index (Phi) is 4.30. The molecule has 0 unspecified atom stereocenters. The van der Waals surface area contributed by atoms with Crippen LogP contribution in [0.3, 0.4) is 0 Å². The summed E-state index contributed by atoms with van der Waals surface area (Å²) in [7, 11) is 0. The van der Waals surface area contributed by atoms with Crippen molar-refractivity contribution in [2.75, 3.05) is 17.6 Å². The number of nitrogens with one attached hydrogen (secondary N) is 1. The van der Waals surface area contributed by atoms with E-state index < -0.39 is 0 Å². The van der Waals surface area contributed by atoms with Gasteiger partial charge in [-0.2, -0.15) is 0 Å². The van der Waals surface area contributed by atoms with Crippen LogP contribution in [0.5, 0.6) is 0 Å². The van der Waals surface area contributed by atoms with Crippen LogP contribution in [0, 0.1) is 5.82 Å². The zero-order valence-corrected chi connectivity index (χ0v) is 8.47. The Bertz CT molecular complexity index is 275. The molecule has 13 heavy (non-hydrogen) atoms. The maximum absolute atomic E-state index is 13.0. The molecule has 2 rings (SSSR count). The Morgan fingerprint density at radius 3 is 2.62 bits per heavy atom. The molecule has 0 bridgehead atoms. The first-order valence-electron chi connectivity index (χ1n) is 3.60. The standard InChI is InChI=1S/C8H9FN2.2ClH/c9-6-1-2-7(10)8-5(6)3-4-11-8;;/h1-2,11H,3-4,10H2;2*1H. The van der Waals surface area contributed by atoms with Crippen LogP contribution in [0.15, 0.2) is 12.1 Å². The maximum Gasteiger partial charge on any atom is 0.128 e. The van der Waals surface area contributed by atoms with Crippen molar-refractivity contribution >= 4 is 36.2 Å². The molecule has 0 radical (unpaired) electrons. The fourth-order valence-corrected chi connectivity index (χ4v) is 1.41. The fraction of sp³-hybridized carbons (Fsp3) is 0.250. The van der Waals surface area contributed by atoms with Gasteiger partial charge in [0.15, 0.2) is 0 Å². The summed E-state index contributed by atoms with van der Waals surface area (Å²) >= 11 is 0. The molecule has 0 fully saturated rings. The Morgan fingerprint density at radius 2 is 2.00 bits per heavy atom. The number of rotatable bonds is 0. The lowest BCUT2D eigenvalue weighted by atomic mass is 10.1. The van der Waals surface area contributed by atoms with E-state index in [1.807, 2.05) is 0 Å². The molecule has 74 valence electrons. The van der Waals surface area contributed by atoms with E-state index in [1.54, 1.807) is 6.07 Å². The highest BCUT2D eigenvalue weighted by atomic mass is 35.5. The van der Waals surface area contributed by atoms with E-state index in [0.29, 0.717) is 5.69 Å². The van der Waals surface area contributed by atoms with E-state index in [9.17, 15) is 4.39 Å². The van der Waals surface area contributed by atoms with Gasteiger partial charge in [-0.1, -0.05) is 0 Å².